The summed E-state index contributed by atoms with van der Waals surface area (Å²) in [5.41, 5.74) is 2.03. The molecule has 3 aromatic rings. The number of ether oxygens (including phenoxy) is 2. The fraction of sp³-hybridized carbons (Fsp3) is 0.407. The molecule has 34 heavy (non-hydrogen) atoms. The molecule has 1 aromatic heterocycles. The van der Waals surface area contributed by atoms with Crippen LogP contribution in [0.1, 0.15) is 60.5 Å². The van der Waals surface area contributed by atoms with E-state index in [2.05, 4.69) is 13.8 Å². The van der Waals surface area contributed by atoms with E-state index in [1.807, 2.05) is 38.1 Å². The molecule has 0 radical (unpaired) electrons. The Morgan fingerprint density at radius 1 is 1.09 bits per heavy atom. The monoisotopic (exact) mass is 465 g/mol. The molecule has 2 aromatic carbocycles. The summed E-state index contributed by atoms with van der Waals surface area (Å²) in [7, 11) is 0. The predicted molar refractivity (Wildman–Crippen MR) is 130 cm³/mol. The zero-order chi connectivity index (χ0) is 24.4. The predicted octanol–water partition coefficient (Wildman–Crippen LogP) is 4.46. The Bertz CT molecular complexity index is 1260. The number of β-amino-alcohol motifs (C(OH)–C–C–N with tert-alkyl or cyclic N) is 1. The van der Waals surface area contributed by atoms with E-state index in [4.69, 9.17) is 13.9 Å². The molecule has 1 amide bonds. The molecule has 1 N–H and O–H groups in total. The largest absolute Gasteiger partial charge is 0.490 e. The van der Waals surface area contributed by atoms with Crippen LogP contribution >= 0.6 is 0 Å². The van der Waals surface area contributed by atoms with Gasteiger partial charge in [-0.15, -0.1) is 0 Å². The Balaban J connectivity index is 1.83. The van der Waals surface area contributed by atoms with Crippen molar-refractivity contribution >= 4 is 16.9 Å². The van der Waals surface area contributed by atoms with Gasteiger partial charge < -0.3 is 23.9 Å². The van der Waals surface area contributed by atoms with Crippen LogP contribution in [0.5, 0.6) is 11.5 Å². The van der Waals surface area contributed by atoms with Gasteiger partial charge in [0.05, 0.1) is 36.8 Å². The topological polar surface area (TPSA) is 89.2 Å². The van der Waals surface area contributed by atoms with Crippen molar-refractivity contribution < 1.29 is 23.8 Å². The summed E-state index contributed by atoms with van der Waals surface area (Å²) in [5.74, 6) is 1.29. The van der Waals surface area contributed by atoms with Gasteiger partial charge in [-0.2, -0.15) is 0 Å². The summed E-state index contributed by atoms with van der Waals surface area (Å²) < 4.78 is 17.7. The Labute approximate surface area is 198 Å². The quantitative estimate of drug-likeness (QED) is 0.502. The van der Waals surface area contributed by atoms with Crippen LogP contribution in [0, 0.1) is 12.8 Å². The molecule has 0 saturated carbocycles. The third-order valence-electron chi connectivity index (χ3n) is 6.00. The molecule has 1 aliphatic heterocycles. The van der Waals surface area contributed by atoms with Crippen molar-refractivity contribution in [2.45, 2.75) is 40.2 Å². The van der Waals surface area contributed by atoms with Gasteiger partial charge in [0.25, 0.3) is 5.91 Å². The van der Waals surface area contributed by atoms with Gasteiger partial charge in [0, 0.05) is 6.54 Å². The highest BCUT2D eigenvalue weighted by atomic mass is 16.5. The van der Waals surface area contributed by atoms with Crippen molar-refractivity contribution in [3.63, 3.8) is 0 Å². The number of carbonyl (C=O) groups excluding carboxylic acids is 1. The Kier molecular flexibility index (Phi) is 6.93. The fourth-order valence-electron chi connectivity index (χ4n) is 4.31. The second-order valence-corrected chi connectivity index (χ2v) is 8.97. The van der Waals surface area contributed by atoms with Crippen LogP contribution in [0.25, 0.3) is 11.0 Å². The van der Waals surface area contributed by atoms with Crippen molar-refractivity contribution in [1.82, 2.24) is 4.90 Å². The number of aliphatic hydroxyl groups is 1. The van der Waals surface area contributed by atoms with Gasteiger partial charge >= 0.3 is 0 Å². The zero-order valence-electron chi connectivity index (χ0n) is 20.1. The highest BCUT2D eigenvalue weighted by Crippen LogP contribution is 2.41. The molecule has 0 aliphatic carbocycles. The van der Waals surface area contributed by atoms with Gasteiger partial charge in [-0.05, 0) is 56.0 Å². The van der Waals surface area contributed by atoms with E-state index in [1.165, 1.54) is 4.90 Å². The number of benzene rings is 2. The maximum absolute atomic E-state index is 13.6. The molecule has 180 valence electrons. The molecule has 1 atom stereocenters. The van der Waals surface area contributed by atoms with Crippen LogP contribution in [0.2, 0.25) is 0 Å². The zero-order valence-corrected chi connectivity index (χ0v) is 20.1. The summed E-state index contributed by atoms with van der Waals surface area (Å²) in [4.78, 5) is 28.3. The number of hydrogen-bond donors (Lipinski definition) is 1. The lowest BCUT2D eigenvalue weighted by atomic mass is 9.97. The maximum atomic E-state index is 13.6. The van der Waals surface area contributed by atoms with Crippen LogP contribution < -0.4 is 14.9 Å². The van der Waals surface area contributed by atoms with E-state index in [-0.39, 0.29) is 29.9 Å². The summed E-state index contributed by atoms with van der Waals surface area (Å²) in [6, 6.07) is 10.1. The van der Waals surface area contributed by atoms with E-state index >= 15 is 0 Å². The first-order chi connectivity index (χ1) is 16.3. The molecular weight excluding hydrogens is 434 g/mol. The Morgan fingerprint density at radius 2 is 1.88 bits per heavy atom. The number of aliphatic hydroxyl groups excluding tert-OH is 1. The average molecular weight is 466 g/mol. The van der Waals surface area contributed by atoms with E-state index in [1.54, 1.807) is 12.1 Å². The van der Waals surface area contributed by atoms with Crippen molar-refractivity contribution in [1.29, 1.82) is 0 Å². The Morgan fingerprint density at radius 3 is 2.59 bits per heavy atom. The molecule has 0 fully saturated rings. The van der Waals surface area contributed by atoms with Crippen LogP contribution in [0.3, 0.4) is 0 Å². The standard InChI is InChI=1S/C27H31NO6/c1-5-32-22-15-18(7-9-21(22)33-13-10-16(2)3)24-23-25(30)19-14-17(4)6-8-20(19)34-26(23)27(31)28(24)11-12-29/h6-9,14-16,24,29H,5,10-13H2,1-4H3/t24-/m1/s1. The van der Waals surface area contributed by atoms with E-state index in [0.717, 1.165) is 12.0 Å². The molecule has 0 unspecified atom stereocenters. The minimum absolute atomic E-state index is 0.0232. The number of nitrogens with zero attached hydrogens (tertiary/aromatic N) is 1. The van der Waals surface area contributed by atoms with Gasteiger partial charge in [0.1, 0.15) is 5.58 Å². The van der Waals surface area contributed by atoms with Gasteiger partial charge in [-0.3, -0.25) is 9.59 Å². The second-order valence-electron chi connectivity index (χ2n) is 8.97. The van der Waals surface area contributed by atoms with Crippen molar-refractivity contribution in [3.8, 4) is 11.5 Å². The summed E-state index contributed by atoms with van der Waals surface area (Å²) in [5, 5.41) is 10.1. The van der Waals surface area contributed by atoms with Crippen LogP contribution in [-0.4, -0.2) is 42.3 Å². The molecule has 0 spiro atoms. The molecule has 7 nitrogen and oxygen atoms in total. The summed E-state index contributed by atoms with van der Waals surface area (Å²) in [6.07, 6.45) is 0.912. The summed E-state index contributed by atoms with van der Waals surface area (Å²) >= 11 is 0. The van der Waals surface area contributed by atoms with E-state index in [9.17, 15) is 14.7 Å². The van der Waals surface area contributed by atoms with Crippen molar-refractivity contribution in [2.24, 2.45) is 5.92 Å². The first-order valence-corrected chi connectivity index (χ1v) is 11.7. The second kappa shape index (κ2) is 9.89. The molecule has 7 heteroatoms. The van der Waals surface area contributed by atoms with Gasteiger partial charge in [-0.25, -0.2) is 0 Å². The maximum Gasteiger partial charge on any atom is 0.290 e. The lowest BCUT2D eigenvalue weighted by Crippen LogP contribution is -2.32. The highest BCUT2D eigenvalue weighted by molar-refractivity contribution is 5.99. The lowest BCUT2D eigenvalue weighted by Gasteiger charge is -2.25. The first kappa shape index (κ1) is 23.8. The number of carbonyl (C=O) groups is 1. The summed E-state index contributed by atoms with van der Waals surface area (Å²) in [6.45, 7) is 8.90. The lowest BCUT2D eigenvalue weighted by molar-refractivity contribution is 0.0691. The molecule has 0 saturated heterocycles. The van der Waals surface area contributed by atoms with Crippen LogP contribution in [0.15, 0.2) is 45.6 Å². The molecule has 2 heterocycles. The fourth-order valence-corrected chi connectivity index (χ4v) is 4.31. The normalized spacial score (nSPS) is 15.3. The molecule has 4 rings (SSSR count). The van der Waals surface area contributed by atoms with Crippen molar-refractivity contribution in [2.75, 3.05) is 26.4 Å². The SMILES string of the molecule is CCOc1cc([C@@H]2c3c(oc4ccc(C)cc4c3=O)C(=O)N2CCO)ccc1OCCC(C)C. The van der Waals surface area contributed by atoms with E-state index < -0.39 is 11.9 Å². The Hall–Kier alpha value is -3.32. The van der Waals surface area contributed by atoms with Gasteiger partial charge in [-0.1, -0.05) is 31.5 Å². The smallest absolute Gasteiger partial charge is 0.290 e. The first-order valence-electron chi connectivity index (χ1n) is 11.7. The molecule has 1 aliphatic rings. The van der Waals surface area contributed by atoms with Crippen LogP contribution in [-0.2, 0) is 0 Å². The number of rotatable bonds is 9. The number of amides is 1. The number of aryl methyl sites for hydroxylation is 1. The highest BCUT2D eigenvalue weighted by Gasteiger charge is 2.42. The minimum atomic E-state index is -0.695. The van der Waals surface area contributed by atoms with Gasteiger partial charge in [0.15, 0.2) is 16.9 Å². The van der Waals surface area contributed by atoms with E-state index in [0.29, 0.717) is 47.2 Å². The third kappa shape index (κ3) is 4.40. The van der Waals surface area contributed by atoms with Crippen molar-refractivity contribution in [3.05, 3.63) is 69.1 Å². The number of hydrogen-bond acceptors (Lipinski definition) is 6. The van der Waals surface area contributed by atoms with Crippen LogP contribution in [0.4, 0.5) is 0 Å². The average Bonchev–Trinajstić information content (AvgIpc) is 3.07. The third-order valence-corrected chi connectivity index (χ3v) is 6.00. The molecule has 0 bridgehead atoms. The minimum Gasteiger partial charge on any atom is -0.490 e. The van der Waals surface area contributed by atoms with Gasteiger partial charge in [0.2, 0.25) is 5.76 Å². The molecular formula is C27H31NO6. The number of fused-ring (bicyclic) bond motifs is 2.